The van der Waals surface area contributed by atoms with Crippen molar-refractivity contribution in [3.8, 4) is 0 Å². The number of hydrogen-bond acceptors (Lipinski definition) is 8. The maximum atomic E-state index is 4.74. The summed E-state index contributed by atoms with van der Waals surface area (Å²) in [6.45, 7) is 0. The first-order chi connectivity index (χ1) is 32.6. The molecule has 0 bridgehead atoms. The van der Waals surface area contributed by atoms with E-state index in [4.69, 9.17) is 44.8 Å². The number of hydrogen-bond donors (Lipinski definition) is 0. The number of fused-ring (bicyclic) bond motifs is 4. The molecule has 0 atom stereocenters. The van der Waals surface area contributed by atoms with Crippen LogP contribution in [-0.4, -0.2) is 0 Å². The Labute approximate surface area is 533 Å². The zero-order valence-electron chi connectivity index (χ0n) is 30.2. The van der Waals surface area contributed by atoms with E-state index in [2.05, 4.69) is 135 Å². The molecular weight excluding hydrogens is 1780 g/mol. The third-order valence-corrected chi connectivity index (χ3v) is 75.2. The molecule has 0 unspecified atom stereocenters. The summed E-state index contributed by atoms with van der Waals surface area (Å²) < 4.78 is 1.15. The SMILES string of the molecule is BrBr.Brc1ccc2c(c1)Sc1ccccc1S2.S=S=S=S=S=S=S=S=S=S=S=S=S=S=S=S=S.S=S=S=S=S=S=S=S=S=S=S=S=S=S=S=S=S=S.c1ccc2c(c1)Sc1ccccc1S2. The summed E-state index contributed by atoms with van der Waals surface area (Å²) in [6, 6.07) is 32.1. The van der Waals surface area contributed by atoms with E-state index in [1.165, 1.54) is 74.7 Å². The van der Waals surface area contributed by atoms with E-state index in [-0.39, 0.29) is 0 Å². The minimum atomic E-state index is 1.15. The summed E-state index contributed by atoms with van der Waals surface area (Å²) >= 11 is 35.4. The molecule has 4 aromatic rings. The molecule has 6 rings (SSSR count). The van der Waals surface area contributed by atoms with Gasteiger partial charge in [-0.2, -0.15) is 0 Å². The molecule has 0 spiro atoms. The second-order valence-corrected chi connectivity index (χ2v) is 68.5. The van der Waals surface area contributed by atoms with Gasteiger partial charge < -0.3 is 0 Å². The number of benzene rings is 4. The van der Waals surface area contributed by atoms with Crippen LogP contribution < -0.4 is 0 Å². The topological polar surface area (TPSA) is 0 Å². The van der Waals surface area contributed by atoms with Crippen molar-refractivity contribution >= 4 is 411 Å². The van der Waals surface area contributed by atoms with E-state index in [0.717, 1.165) is 4.47 Å². The van der Waals surface area contributed by atoms with E-state index < -0.39 is 0 Å². The van der Waals surface area contributed by atoms with Crippen LogP contribution in [0.15, 0.2) is 135 Å². The van der Waals surface area contributed by atoms with Gasteiger partial charge in [0.2, 0.25) is 0 Å². The molecule has 366 valence electrons. The molecule has 0 amide bonds. The fourth-order valence-corrected chi connectivity index (χ4v) is 82.4. The Morgan fingerprint density at radius 2 is 0.439 bits per heavy atom. The van der Waals surface area contributed by atoms with Crippen molar-refractivity contribution in [3.05, 3.63) is 95.5 Å². The molecule has 2 aliphatic rings. The molecule has 4 aromatic carbocycles. The highest BCUT2D eigenvalue weighted by molar-refractivity contribution is 9.93. The fourth-order valence-electron chi connectivity index (χ4n) is 3.28. The van der Waals surface area contributed by atoms with Crippen molar-refractivity contribution in [2.75, 3.05) is 0 Å². The summed E-state index contributed by atoms with van der Waals surface area (Å²) in [5.74, 6) is 0. The van der Waals surface area contributed by atoms with Crippen LogP contribution in [-0.2, 0) is 320 Å². The first-order valence-corrected chi connectivity index (χ1v) is 66.5. The smallest absolute Gasteiger partial charge is 0.0273 e. The second-order valence-electron chi connectivity index (χ2n) is 8.45. The Hall–Kier alpha value is 7.42. The van der Waals surface area contributed by atoms with Gasteiger partial charge in [0.05, 0.1) is 0 Å². The minimum Gasteiger partial charge on any atom is -0.0877 e. The van der Waals surface area contributed by atoms with Crippen LogP contribution in [0, 0.1) is 0 Å². The molecule has 0 saturated carbocycles. The lowest BCUT2D eigenvalue weighted by molar-refractivity contribution is 1.15. The molecule has 0 N–H and O–H groups in total. The summed E-state index contributed by atoms with van der Waals surface area (Å²) in [7, 11) is 52.5. The fraction of sp³-hybridized carbons (Fsp3) is 0. The molecule has 2 heterocycles. The van der Waals surface area contributed by atoms with Gasteiger partial charge in [0.25, 0.3) is 0 Å². The van der Waals surface area contributed by atoms with Crippen molar-refractivity contribution in [3.63, 3.8) is 0 Å². The van der Waals surface area contributed by atoms with Crippen molar-refractivity contribution in [1.29, 1.82) is 0 Å². The molecule has 0 fully saturated rings. The lowest BCUT2D eigenvalue weighted by atomic mass is 10.3. The van der Waals surface area contributed by atoms with E-state index in [9.17, 15) is 0 Å². The Morgan fingerprint density at radius 3 is 0.652 bits per heavy atom. The van der Waals surface area contributed by atoms with Crippen molar-refractivity contribution in [2.24, 2.45) is 0 Å². The molecule has 0 radical (unpaired) electrons. The van der Waals surface area contributed by atoms with Crippen LogP contribution in [0.25, 0.3) is 0 Å². The Morgan fingerprint density at radius 1 is 0.258 bits per heavy atom. The molecule has 0 nitrogen and oxygen atoms in total. The van der Waals surface area contributed by atoms with Crippen molar-refractivity contribution in [1.82, 2.24) is 0 Å². The average Bonchev–Trinajstić information content (AvgIpc) is 3.35. The van der Waals surface area contributed by atoms with E-state index in [1.54, 1.807) is 240 Å². The zero-order chi connectivity index (χ0) is 47.6. The van der Waals surface area contributed by atoms with Gasteiger partial charge in [0.15, 0.2) is 0 Å². The Kier molecular flexibility index (Phi) is 54.6. The molecule has 0 aliphatic carbocycles. The first kappa shape index (κ1) is 69.5. The summed E-state index contributed by atoms with van der Waals surface area (Å²) in [6.07, 6.45) is 0. The van der Waals surface area contributed by atoms with Gasteiger partial charge in [-0.25, -0.2) is 0 Å². The summed E-state index contributed by atoms with van der Waals surface area (Å²) in [5.41, 5.74) is 0. The normalized spacial score (nSPS) is 9.74. The van der Waals surface area contributed by atoms with Gasteiger partial charge in [-0.05, 0) is 54.6 Å². The largest absolute Gasteiger partial charge is 0.0877 e. The van der Waals surface area contributed by atoms with Crippen molar-refractivity contribution < 1.29 is 0 Å². The minimum absolute atomic E-state index is 1.15. The van der Waals surface area contributed by atoms with Gasteiger partial charge in [-0.15, -0.1) is 0 Å². The predicted octanol–water partition coefficient (Wildman–Crippen LogP) is 11.0. The third kappa shape index (κ3) is 36.6. The second kappa shape index (κ2) is 51.8. The van der Waals surface area contributed by atoms with Gasteiger partial charge in [0.1, 0.15) is 0 Å². The van der Waals surface area contributed by atoms with Gasteiger partial charge in [0, 0.05) is 392 Å². The van der Waals surface area contributed by atoms with E-state index in [0.29, 0.717) is 0 Å². The third-order valence-electron chi connectivity index (χ3n) is 5.14. The standard InChI is InChI=1S/C12H7BrS2.C12H8S2.Br2.S18.S17/c13-8-5-6-11-12(7-8)15-10-4-2-1-3-9(10)14-11;1-2-6-10-9(5-1)13-11-7-3-4-8-12(11)14-10;1-2;1-3-5-7-9-11-13-15-17-18-16-14-12-10-8-6-4-2;1-3-5-7-9-11-13-15-17-16-14-12-10-8-6-4-2/h1-7H;1-8H;;;. The van der Waals surface area contributed by atoms with E-state index >= 15 is 0 Å². The first-order valence-electron chi connectivity index (χ1n) is 14.7. The Balaban J connectivity index is 0.000000299. The van der Waals surface area contributed by atoms with Crippen molar-refractivity contribution in [2.45, 2.75) is 39.2 Å². The molecule has 0 saturated heterocycles. The number of rotatable bonds is 0. The van der Waals surface area contributed by atoms with Crippen LogP contribution >= 0.6 is 91.2 Å². The van der Waals surface area contributed by atoms with Crippen LogP contribution in [0.5, 0.6) is 0 Å². The van der Waals surface area contributed by atoms with Gasteiger partial charge in [-0.3, -0.25) is 0 Å². The van der Waals surface area contributed by atoms with E-state index in [1.807, 2.05) is 47.0 Å². The number of halogens is 3. The molecule has 0 aromatic heterocycles. The monoisotopic (exact) mass is 1790 g/mol. The lowest BCUT2D eigenvalue weighted by Crippen LogP contribution is -1.88. The highest BCUT2D eigenvalue weighted by Crippen LogP contribution is 2.49. The van der Waals surface area contributed by atoms with Gasteiger partial charge in [-0.1, -0.05) is 99.4 Å². The average molecular weight is 1790 g/mol. The molecule has 42 heteroatoms. The molecule has 66 heavy (non-hydrogen) atoms. The maximum absolute atomic E-state index is 4.74. The maximum Gasteiger partial charge on any atom is 0.0273 e. The summed E-state index contributed by atoms with van der Waals surface area (Å²) in [4.78, 5) is 10.9. The molecular formula is C24H15Br3S39. The Bertz CT molecular complexity index is 3530. The quantitative estimate of drug-likeness (QED) is 0.146. The molecule has 2 aliphatic heterocycles. The van der Waals surface area contributed by atoms with Gasteiger partial charge >= 0.3 is 0 Å². The van der Waals surface area contributed by atoms with Crippen LogP contribution in [0.3, 0.4) is 0 Å². The van der Waals surface area contributed by atoms with Crippen LogP contribution in [0.2, 0.25) is 0 Å². The lowest BCUT2D eigenvalue weighted by Gasteiger charge is -2.17. The highest BCUT2D eigenvalue weighted by Gasteiger charge is 2.16. The summed E-state index contributed by atoms with van der Waals surface area (Å²) in [5, 5.41) is 0. The predicted molar refractivity (Wildman–Crippen MR) is 406 cm³/mol. The zero-order valence-corrected chi connectivity index (χ0v) is 66.8. The van der Waals surface area contributed by atoms with Crippen LogP contribution in [0.1, 0.15) is 0 Å². The van der Waals surface area contributed by atoms with Crippen LogP contribution in [0.4, 0.5) is 0 Å². The highest BCUT2D eigenvalue weighted by atomic mass is 80.9.